The number of ether oxygens (including phenoxy) is 1. The van der Waals surface area contributed by atoms with Crippen LogP contribution in [0.25, 0.3) is 0 Å². The number of methoxy groups -OCH3 is 1. The normalized spacial score (nSPS) is 15.6. The Morgan fingerprint density at radius 2 is 1.74 bits per heavy atom. The summed E-state index contributed by atoms with van der Waals surface area (Å²) in [5, 5.41) is 0. The zero-order valence-corrected chi connectivity index (χ0v) is 13.3. The molecular formula is C14H16N2O6S. The van der Waals surface area contributed by atoms with E-state index >= 15 is 0 Å². The van der Waals surface area contributed by atoms with Gasteiger partial charge in [-0.1, -0.05) is 0 Å². The first kappa shape index (κ1) is 17.1. The minimum atomic E-state index is -3.88. The van der Waals surface area contributed by atoms with Gasteiger partial charge in [-0.25, -0.2) is 8.42 Å². The maximum absolute atomic E-state index is 12.0. The number of hydrogen-bond acceptors (Lipinski definition) is 6. The number of piperidine rings is 1. The molecule has 23 heavy (non-hydrogen) atoms. The summed E-state index contributed by atoms with van der Waals surface area (Å²) in [4.78, 5) is 35.6. The van der Waals surface area contributed by atoms with Gasteiger partial charge in [0.05, 0.1) is 17.7 Å². The van der Waals surface area contributed by atoms with Crippen LogP contribution in [-0.4, -0.2) is 39.9 Å². The number of carbonyl (C=O) groups is 3. The average Bonchev–Trinajstić information content (AvgIpc) is 2.53. The zero-order valence-electron chi connectivity index (χ0n) is 12.4. The Balaban J connectivity index is 2.17. The molecule has 0 bridgehead atoms. The lowest BCUT2D eigenvalue weighted by atomic mass is 10.1. The van der Waals surface area contributed by atoms with Gasteiger partial charge < -0.3 is 4.74 Å². The number of rotatable bonds is 5. The Morgan fingerprint density at radius 1 is 1.17 bits per heavy atom. The molecule has 1 N–H and O–H groups in total. The second kappa shape index (κ2) is 6.88. The minimum Gasteiger partial charge on any atom is -0.468 e. The highest BCUT2D eigenvalue weighted by Gasteiger charge is 2.27. The number of imide groups is 1. The minimum absolute atomic E-state index is 0.0814. The molecule has 2 rings (SSSR count). The average molecular weight is 340 g/mol. The molecule has 1 heterocycles. The van der Waals surface area contributed by atoms with Crippen LogP contribution in [-0.2, 0) is 29.1 Å². The number of nitrogens with one attached hydrogen (secondary N) is 1. The highest BCUT2D eigenvalue weighted by Crippen LogP contribution is 2.23. The maximum atomic E-state index is 12.0. The van der Waals surface area contributed by atoms with Crippen LogP contribution < -0.4 is 9.62 Å². The van der Waals surface area contributed by atoms with Crippen LogP contribution in [0.3, 0.4) is 0 Å². The van der Waals surface area contributed by atoms with Crippen LogP contribution in [0.5, 0.6) is 0 Å². The highest BCUT2D eigenvalue weighted by molar-refractivity contribution is 7.89. The molecule has 0 saturated carbocycles. The highest BCUT2D eigenvalue weighted by atomic mass is 32.2. The number of nitrogens with zero attached hydrogens (tertiary/aromatic N) is 1. The Morgan fingerprint density at radius 3 is 2.26 bits per heavy atom. The fourth-order valence-electron chi connectivity index (χ4n) is 2.13. The molecule has 1 aromatic rings. The molecule has 0 aromatic heterocycles. The summed E-state index contributed by atoms with van der Waals surface area (Å²) in [5.74, 6) is -1.32. The number of sulfonamides is 1. The van der Waals surface area contributed by atoms with Gasteiger partial charge in [0.1, 0.15) is 6.54 Å². The third-order valence-corrected chi connectivity index (χ3v) is 4.74. The summed E-state index contributed by atoms with van der Waals surface area (Å²) in [6.45, 7) is -0.482. The third kappa shape index (κ3) is 3.93. The van der Waals surface area contributed by atoms with E-state index in [9.17, 15) is 22.8 Å². The van der Waals surface area contributed by atoms with E-state index in [1.54, 1.807) is 0 Å². The van der Waals surface area contributed by atoms with E-state index in [0.717, 1.165) is 12.0 Å². The maximum Gasteiger partial charge on any atom is 0.320 e. The zero-order chi connectivity index (χ0) is 17.0. The molecule has 0 atom stereocenters. The topological polar surface area (TPSA) is 110 Å². The van der Waals surface area contributed by atoms with Gasteiger partial charge in [0.25, 0.3) is 0 Å². The van der Waals surface area contributed by atoms with E-state index in [0.29, 0.717) is 12.1 Å². The lowest BCUT2D eigenvalue weighted by Crippen LogP contribution is -2.40. The Hall–Kier alpha value is -2.26. The van der Waals surface area contributed by atoms with Crippen molar-refractivity contribution in [3.8, 4) is 0 Å². The first-order chi connectivity index (χ1) is 10.8. The van der Waals surface area contributed by atoms with E-state index in [1.165, 1.54) is 24.3 Å². The van der Waals surface area contributed by atoms with Gasteiger partial charge >= 0.3 is 5.97 Å². The van der Waals surface area contributed by atoms with Crippen LogP contribution >= 0.6 is 0 Å². The Bertz CT molecular complexity index is 710. The number of esters is 1. The molecule has 0 aliphatic carbocycles. The summed E-state index contributed by atoms with van der Waals surface area (Å²) in [6, 6.07) is 5.30. The SMILES string of the molecule is COC(=O)CNS(=O)(=O)c1ccc(N2C(=O)CCCC2=O)cc1. The van der Waals surface area contributed by atoms with Crippen LogP contribution in [0.1, 0.15) is 19.3 Å². The van der Waals surface area contributed by atoms with E-state index in [2.05, 4.69) is 9.46 Å². The van der Waals surface area contributed by atoms with Crippen molar-refractivity contribution in [3.63, 3.8) is 0 Å². The first-order valence-electron chi connectivity index (χ1n) is 6.87. The van der Waals surface area contributed by atoms with Gasteiger partial charge in [-0.2, -0.15) is 4.72 Å². The lowest BCUT2D eigenvalue weighted by Gasteiger charge is -2.24. The van der Waals surface area contributed by atoms with Crippen LogP contribution in [0.4, 0.5) is 5.69 Å². The van der Waals surface area contributed by atoms with Crippen LogP contribution in [0.15, 0.2) is 29.2 Å². The van der Waals surface area contributed by atoms with Gasteiger partial charge in [-0.05, 0) is 30.7 Å². The molecule has 1 fully saturated rings. The molecule has 1 aliphatic heterocycles. The number of anilines is 1. The largest absolute Gasteiger partial charge is 0.468 e. The van der Waals surface area contributed by atoms with Gasteiger partial charge in [0, 0.05) is 12.8 Å². The molecular weight excluding hydrogens is 324 g/mol. The summed E-state index contributed by atoms with van der Waals surface area (Å²) in [6.07, 6.45) is 1.09. The third-order valence-electron chi connectivity index (χ3n) is 3.32. The molecule has 0 spiro atoms. The standard InChI is InChI=1S/C14H16N2O6S/c1-22-14(19)9-15-23(20,21)11-7-5-10(6-8-11)16-12(17)3-2-4-13(16)18/h5-8,15H,2-4,9H2,1H3. The van der Waals surface area contributed by atoms with Crippen molar-refractivity contribution in [3.05, 3.63) is 24.3 Å². The lowest BCUT2D eigenvalue weighted by molar-refractivity contribution is -0.139. The van der Waals surface area contributed by atoms with Gasteiger partial charge in [0.15, 0.2) is 0 Å². The molecule has 9 heteroatoms. The van der Waals surface area contributed by atoms with E-state index < -0.39 is 22.5 Å². The molecule has 1 aromatic carbocycles. The number of carbonyl (C=O) groups excluding carboxylic acids is 3. The Kier molecular flexibility index (Phi) is 5.12. The quantitative estimate of drug-likeness (QED) is 0.605. The van der Waals surface area contributed by atoms with Crippen molar-refractivity contribution in [2.75, 3.05) is 18.6 Å². The number of amides is 2. The fourth-order valence-corrected chi connectivity index (χ4v) is 3.09. The van der Waals surface area contributed by atoms with Crippen molar-refractivity contribution in [1.82, 2.24) is 4.72 Å². The summed E-state index contributed by atoms with van der Waals surface area (Å²) >= 11 is 0. The van der Waals surface area contributed by atoms with E-state index in [1.807, 2.05) is 0 Å². The molecule has 1 saturated heterocycles. The predicted octanol–water partition coefficient (Wildman–Crippen LogP) is 0.181. The van der Waals surface area contributed by atoms with Crippen molar-refractivity contribution >= 4 is 33.5 Å². The molecule has 0 radical (unpaired) electrons. The van der Waals surface area contributed by atoms with Crippen LogP contribution in [0.2, 0.25) is 0 Å². The summed E-state index contributed by atoms with van der Waals surface area (Å²) in [7, 11) is -2.73. The van der Waals surface area contributed by atoms with Gasteiger partial charge in [0.2, 0.25) is 21.8 Å². The van der Waals surface area contributed by atoms with Crippen molar-refractivity contribution in [1.29, 1.82) is 0 Å². The molecule has 2 amide bonds. The Labute approximate surface area is 133 Å². The fraction of sp³-hybridized carbons (Fsp3) is 0.357. The van der Waals surface area contributed by atoms with Crippen molar-refractivity contribution < 1.29 is 27.5 Å². The first-order valence-corrected chi connectivity index (χ1v) is 8.36. The van der Waals surface area contributed by atoms with E-state index in [-0.39, 0.29) is 29.6 Å². The molecule has 8 nitrogen and oxygen atoms in total. The second-order valence-electron chi connectivity index (χ2n) is 4.87. The number of hydrogen-bond donors (Lipinski definition) is 1. The second-order valence-corrected chi connectivity index (χ2v) is 6.64. The number of benzene rings is 1. The molecule has 1 aliphatic rings. The van der Waals surface area contributed by atoms with Crippen LogP contribution in [0, 0.1) is 0 Å². The van der Waals surface area contributed by atoms with Gasteiger partial charge in [-0.3, -0.25) is 19.3 Å². The van der Waals surface area contributed by atoms with Crippen molar-refractivity contribution in [2.24, 2.45) is 0 Å². The monoisotopic (exact) mass is 340 g/mol. The summed E-state index contributed by atoms with van der Waals surface area (Å²) in [5.41, 5.74) is 0.326. The molecule has 124 valence electrons. The predicted molar refractivity (Wildman–Crippen MR) is 80.0 cm³/mol. The molecule has 0 unspecified atom stereocenters. The van der Waals surface area contributed by atoms with Gasteiger partial charge in [-0.15, -0.1) is 0 Å². The van der Waals surface area contributed by atoms with E-state index in [4.69, 9.17) is 0 Å². The van der Waals surface area contributed by atoms with Crippen molar-refractivity contribution in [2.45, 2.75) is 24.2 Å². The summed E-state index contributed by atoms with van der Waals surface area (Å²) < 4.78 is 30.5. The smallest absolute Gasteiger partial charge is 0.320 e.